The average Bonchev–Trinajstić information content (AvgIpc) is 3.16. The van der Waals surface area contributed by atoms with Crippen molar-refractivity contribution in [2.75, 3.05) is 27.3 Å². The van der Waals surface area contributed by atoms with Crippen molar-refractivity contribution in [2.45, 2.75) is 26.8 Å². The average molecular weight is 503 g/mol. The van der Waals surface area contributed by atoms with Crippen molar-refractivity contribution < 1.29 is 9.47 Å². The molecule has 0 radical (unpaired) electrons. The number of hydrogen-bond donors (Lipinski definition) is 2. The molecule has 0 bridgehead atoms. The van der Waals surface area contributed by atoms with Gasteiger partial charge in [-0.2, -0.15) is 0 Å². The van der Waals surface area contributed by atoms with Crippen LogP contribution in [0.2, 0.25) is 0 Å². The van der Waals surface area contributed by atoms with Gasteiger partial charge in [-0.15, -0.1) is 35.3 Å². The van der Waals surface area contributed by atoms with E-state index in [0.29, 0.717) is 12.5 Å². The van der Waals surface area contributed by atoms with Crippen LogP contribution in [0.25, 0.3) is 0 Å². The van der Waals surface area contributed by atoms with Gasteiger partial charge in [0.2, 0.25) is 0 Å². The molecule has 0 spiro atoms. The smallest absolute Gasteiger partial charge is 0.191 e. The van der Waals surface area contributed by atoms with Gasteiger partial charge in [0.05, 0.1) is 20.8 Å². The molecule has 27 heavy (non-hydrogen) atoms. The van der Waals surface area contributed by atoms with Crippen LogP contribution in [0.15, 0.2) is 40.7 Å². The summed E-state index contributed by atoms with van der Waals surface area (Å²) in [6.45, 7) is 6.62. The molecule has 0 saturated heterocycles. The van der Waals surface area contributed by atoms with Gasteiger partial charge in [0.15, 0.2) is 17.5 Å². The molecule has 2 rings (SSSR count). The molecule has 1 aromatic heterocycles. The summed E-state index contributed by atoms with van der Waals surface area (Å²) in [6.07, 6.45) is 1.08. The lowest BCUT2D eigenvalue weighted by Gasteiger charge is -2.15. The summed E-state index contributed by atoms with van der Waals surface area (Å²) in [6, 6.07) is 10.2. The summed E-state index contributed by atoms with van der Waals surface area (Å²) in [5.41, 5.74) is 1.08. The number of rotatable bonds is 9. The highest BCUT2D eigenvalue weighted by atomic mass is 127. The summed E-state index contributed by atoms with van der Waals surface area (Å²) in [5.74, 6) is 2.83. The minimum atomic E-state index is 0. The molecule has 0 fully saturated rings. The van der Waals surface area contributed by atoms with E-state index < -0.39 is 0 Å². The second-order valence-electron chi connectivity index (χ2n) is 6.15. The first-order valence-electron chi connectivity index (χ1n) is 8.91. The Morgan fingerprint density at radius 3 is 2.56 bits per heavy atom. The molecular weight excluding hydrogens is 473 g/mol. The van der Waals surface area contributed by atoms with Crippen molar-refractivity contribution in [3.05, 3.63) is 46.2 Å². The third kappa shape index (κ3) is 7.96. The monoisotopic (exact) mass is 503 g/mol. The maximum atomic E-state index is 5.36. The number of hydrogen-bond acceptors (Lipinski definition) is 4. The maximum Gasteiger partial charge on any atom is 0.191 e. The molecule has 0 aliphatic carbocycles. The van der Waals surface area contributed by atoms with Crippen LogP contribution < -0.4 is 20.1 Å². The molecule has 2 aromatic rings. The lowest BCUT2D eigenvalue weighted by molar-refractivity contribution is 0.354. The number of nitrogens with zero attached hydrogens (tertiary/aromatic N) is 1. The Hall–Kier alpha value is -1.48. The van der Waals surface area contributed by atoms with Crippen LogP contribution in [0.1, 0.15) is 24.3 Å². The largest absolute Gasteiger partial charge is 0.493 e. The number of benzene rings is 1. The van der Waals surface area contributed by atoms with E-state index in [0.717, 1.165) is 42.5 Å². The van der Waals surface area contributed by atoms with Crippen LogP contribution in [-0.4, -0.2) is 33.3 Å². The van der Waals surface area contributed by atoms with Gasteiger partial charge in [0.1, 0.15) is 0 Å². The zero-order valence-electron chi connectivity index (χ0n) is 16.5. The molecule has 1 heterocycles. The molecule has 0 aliphatic rings. The Kier molecular flexibility index (Phi) is 11.2. The van der Waals surface area contributed by atoms with Gasteiger partial charge in [0.25, 0.3) is 0 Å². The third-order valence-corrected chi connectivity index (χ3v) is 4.86. The van der Waals surface area contributed by atoms with E-state index in [1.165, 1.54) is 4.88 Å². The predicted octanol–water partition coefficient (Wildman–Crippen LogP) is 4.32. The van der Waals surface area contributed by atoms with Crippen molar-refractivity contribution in [3.63, 3.8) is 0 Å². The second kappa shape index (κ2) is 12.8. The summed E-state index contributed by atoms with van der Waals surface area (Å²) in [4.78, 5) is 6.11. The lowest BCUT2D eigenvalue weighted by atomic mass is 10.1. The quantitative estimate of drug-likeness (QED) is 0.304. The van der Waals surface area contributed by atoms with E-state index >= 15 is 0 Å². The van der Waals surface area contributed by atoms with Crippen molar-refractivity contribution in [3.8, 4) is 11.5 Å². The summed E-state index contributed by atoms with van der Waals surface area (Å²) in [5, 5.41) is 8.87. The molecule has 2 N–H and O–H groups in total. The van der Waals surface area contributed by atoms with Crippen LogP contribution in [0.4, 0.5) is 0 Å². The number of aliphatic imine (C=N–C) groups is 1. The fourth-order valence-corrected chi connectivity index (χ4v) is 3.48. The van der Waals surface area contributed by atoms with E-state index in [1.54, 1.807) is 14.2 Å². The normalized spacial score (nSPS) is 12.1. The molecular formula is C20H30IN3O2S. The topological polar surface area (TPSA) is 54.9 Å². The van der Waals surface area contributed by atoms with Crippen LogP contribution in [0.5, 0.6) is 11.5 Å². The first kappa shape index (κ1) is 23.6. The number of nitrogens with one attached hydrogen (secondary N) is 2. The Morgan fingerprint density at radius 1 is 1.15 bits per heavy atom. The van der Waals surface area contributed by atoms with Crippen molar-refractivity contribution >= 4 is 41.3 Å². The van der Waals surface area contributed by atoms with Gasteiger partial charge in [-0.25, -0.2) is 4.99 Å². The lowest BCUT2D eigenvalue weighted by Crippen LogP contribution is -2.39. The van der Waals surface area contributed by atoms with Crippen molar-refractivity contribution in [2.24, 2.45) is 10.9 Å². The number of methoxy groups -OCH3 is 2. The van der Waals surface area contributed by atoms with Gasteiger partial charge in [-0.3, -0.25) is 0 Å². The van der Waals surface area contributed by atoms with E-state index in [9.17, 15) is 0 Å². The summed E-state index contributed by atoms with van der Waals surface area (Å²) < 4.78 is 10.6. The SMILES string of the molecule is CCNC(=NCc1ccc(OC)c(OC)c1)NCC(C)Cc1cccs1.I. The fourth-order valence-electron chi connectivity index (χ4n) is 2.61. The molecule has 1 aromatic carbocycles. The van der Waals surface area contributed by atoms with E-state index in [1.807, 2.05) is 29.5 Å². The molecule has 0 aliphatic heterocycles. The number of ether oxygens (including phenoxy) is 2. The molecule has 1 unspecified atom stereocenters. The summed E-state index contributed by atoms with van der Waals surface area (Å²) in [7, 11) is 3.28. The van der Waals surface area contributed by atoms with Gasteiger partial charge in [0, 0.05) is 18.0 Å². The highest BCUT2D eigenvalue weighted by Crippen LogP contribution is 2.27. The van der Waals surface area contributed by atoms with Crippen molar-refractivity contribution in [1.29, 1.82) is 0 Å². The molecule has 0 amide bonds. The second-order valence-corrected chi connectivity index (χ2v) is 7.19. The Balaban J connectivity index is 0.00000364. The highest BCUT2D eigenvalue weighted by molar-refractivity contribution is 14.0. The van der Waals surface area contributed by atoms with Gasteiger partial charge >= 0.3 is 0 Å². The zero-order valence-corrected chi connectivity index (χ0v) is 19.6. The molecule has 150 valence electrons. The van der Waals surface area contributed by atoms with Crippen LogP contribution in [0.3, 0.4) is 0 Å². The zero-order chi connectivity index (χ0) is 18.8. The number of thiophene rings is 1. The Labute approximate surface area is 183 Å². The van der Waals surface area contributed by atoms with E-state index in [4.69, 9.17) is 9.47 Å². The number of halogens is 1. The molecule has 5 nitrogen and oxygen atoms in total. The third-order valence-electron chi connectivity index (χ3n) is 3.96. The maximum absolute atomic E-state index is 5.36. The van der Waals surface area contributed by atoms with Crippen LogP contribution >= 0.6 is 35.3 Å². The molecule has 0 saturated carbocycles. The first-order valence-corrected chi connectivity index (χ1v) is 9.79. The Bertz CT molecular complexity index is 693. The van der Waals surface area contributed by atoms with Crippen molar-refractivity contribution in [1.82, 2.24) is 10.6 Å². The molecule has 7 heteroatoms. The van der Waals surface area contributed by atoms with Crippen LogP contribution in [-0.2, 0) is 13.0 Å². The van der Waals surface area contributed by atoms with Gasteiger partial charge in [-0.1, -0.05) is 19.1 Å². The predicted molar refractivity (Wildman–Crippen MR) is 125 cm³/mol. The van der Waals surface area contributed by atoms with Gasteiger partial charge in [-0.05, 0) is 48.4 Å². The van der Waals surface area contributed by atoms with E-state index in [2.05, 4.69) is 47.0 Å². The first-order chi connectivity index (χ1) is 12.7. The van der Waals surface area contributed by atoms with E-state index in [-0.39, 0.29) is 24.0 Å². The molecule has 1 atom stereocenters. The minimum absolute atomic E-state index is 0. The van der Waals surface area contributed by atoms with Crippen LogP contribution in [0, 0.1) is 5.92 Å². The fraction of sp³-hybridized carbons (Fsp3) is 0.450. The number of guanidine groups is 1. The summed E-state index contributed by atoms with van der Waals surface area (Å²) >= 11 is 1.81. The van der Waals surface area contributed by atoms with Gasteiger partial charge < -0.3 is 20.1 Å². The Morgan fingerprint density at radius 2 is 1.93 bits per heavy atom. The minimum Gasteiger partial charge on any atom is -0.493 e. The highest BCUT2D eigenvalue weighted by Gasteiger charge is 2.07. The standard InChI is InChI=1S/C20H29N3O2S.HI/c1-5-21-20(22-13-15(2)11-17-7-6-10-26-17)23-14-16-8-9-18(24-3)19(12-16)25-4;/h6-10,12,15H,5,11,13-14H2,1-4H3,(H2,21,22,23);1H.